The minimum Gasteiger partial charge on any atom is -0.477 e. The molecule has 0 fully saturated rings. The second-order valence-electron chi connectivity index (χ2n) is 11.4. The molecule has 3 amide bonds. The van der Waals surface area contributed by atoms with Gasteiger partial charge in [0.1, 0.15) is 18.8 Å². The van der Waals surface area contributed by atoms with Crippen LogP contribution in [0, 0.1) is 11.8 Å². The fourth-order valence-corrected chi connectivity index (χ4v) is 5.08. The van der Waals surface area contributed by atoms with Crippen molar-refractivity contribution in [3.8, 4) is 0 Å². The third-order valence-electron chi connectivity index (χ3n) is 7.53. The number of carbonyl (C=O) groups excluding carboxylic acids is 3. The molecular weight excluding hydrogens is 564 g/mol. The van der Waals surface area contributed by atoms with E-state index < -0.39 is 72.4 Å². The number of carboxylic acids is 1. The molecule has 1 unspecified atom stereocenters. The first kappa shape index (κ1) is 33.4. The predicted molar refractivity (Wildman–Crippen MR) is 153 cm³/mol. The van der Waals surface area contributed by atoms with E-state index in [1.165, 1.54) is 18.7 Å². The van der Waals surface area contributed by atoms with Crippen LogP contribution in [0.4, 0.5) is 13.6 Å². The average Bonchev–Trinajstić information content (AvgIpc) is 3.40. The van der Waals surface area contributed by atoms with Gasteiger partial charge >= 0.3 is 18.0 Å². The van der Waals surface area contributed by atoms with Gasteiger partial charge < -0.3 is 30.5 Å². The Balaban J connectivity index is 1.81. The van der Waals surface area contributed by atoms with Crippen molar-refractivity contribution >= 4 is 23.9 Å². The molecule has 2 aromatic rings. The van der Waals surface area contributed by atoms with Crippen LogP contribution in [0.15, 0.2) is 54.6 Å². The van der Waals surface area contributed by atoms with Crippen LogP contribution in [0.5, 0.6) is 0 Å². The first-order valence-corrected chi connectivity index (χ1v) is 14.1. The van der Waals surface area contributed by atoms with Crippen LogP contribution < -0.4 is 10.6 Å². The SMILES string of the molecule is CC(C)[C@H](NC(=O)CN(C(=O)[C@@H](NC(=O)OCc1ccccc1)C(C)C)C1Cc2ccccc2C1)C(O)C(F)(F)C(=O)O. The Morgan fingerprint density at radius 2 is 1.49 bits per heavy atom. The zero-order chi connectivity index (χ0) is 31.9. The number of fused-ring (bicyclic) bond motifs is 1. The molecule has 43 heavy (non-hydrogen) atoms. The largest absolute Gasteiger partial charge is 0.477 e. The highest BCUT2D eigenvalue weighted by Crippen LogP contribution is 2.27. The summed E-state index contributed by atoms with van der Waals surface area (Å²) in [5.74, 6) is -9.66. The first-order chi connectivity index (χ1) is 20.2. The number of halogens is 2. The lowest BCUT2D eigenvalue weighted by atomic mass is 9.94. The molecule has 0 bridgehead atoms. The molecular formula is C31H39F2N3O7. The highest BCUT2D eigenvalue weighted by atomic mass is 19.3. The van der Waals surface area contributed by atoms with Crippen molar-refractivity contribution in [1.29, 1.82) is 0 Å². The number of carboxylic acid groups (broad SMARTS) is 1. The molecule has 12 heteroatoms. The Hall–Kier alpha value is -4.06. The van der Waals surface area contributed by atoms with Gasteiger partial charge in [-0.2, -0.15) is 8.78 Å². The number of hydrogen-bond acceptors (Lipinski definition) is 6. The molecule has 0 aromatic heterocycles. The molecule has 0 radical (unpaired) electrons. The van der Waals surface area contributed by atoms with Crippen LogP contribution in [0.3, 0.4) is 0 Å². The van der Waals surface area contributed by atoms with Crippen molar-refractivity contribution in [3.63, 3.8) is 0 Å². The lowest BCUT2D eigenvalue weighted by molar-refractivity contribution is -0.187. The molecule has 234 valence electrons. The van der Waals surface area contributed by atoms with E-state index in [0.717, 1.165) is 16.7 Å². The molecule has 0 saturated carbocycles. The Bertz CT molecular complexity index is 1260. The minimum absolute atomic E-state index is 0.0182. The normalized spacial score (nSPS) is 15.4. The summed E-state index contributed by atoms with van der Waals surface area (Å²) in [6.07, 6.45) is -2.69. The lowest BCUT2D eigenvalue weighted by Gasteiger charge is -2.35. The smallest absolute Gasteiger partial charge is 0.408 e. The van der Waals surface area contributed by atoms with E-state index in [1.807, 2.05) is 30.3 Å². The van der Waals surface area contributed by atoms with Gasteiger partial charge in [0.25, 0.3) is 0 Å². The molecule has 3 rings (SSSR count). The number of amides is 3. The molecule has 0 heterocycles. The fraction of sp³-hybridized carbons (Fsp3) is 0.484. The predicted octanol–water partition coefficient (Wildman–Crippen LogP) is 3.16. The Kier molecular flexibility index (Phi) is 11.2. The Labute approximate surface area is 249 Å². The number of nitrogens with one attached hydrogen (secondary N) is 2. The van der Waals surface area contributed by atoms with Crippen LogP contribution in [0.25, 0.3) is 0 Å². The molecule has 3 atom stereocenters. The summed E-state index contributed by atoms with van der Waals surface area (Å²) in [7, 11) is 0. The molecule has 4 N–H and O–H groups in total. The summed E-state index contributed by atoms with van der Waals surface area (Å²) in [5.41, 5.74) is 2.72. The number of aliphatic carboxylic acids is 1. The Morgan fingerprint density at radius 1 is 0.930 bits per heavy atom. The standard InChI is InChI=1S/C31H39F2N3O7/c1-18(2)25(27(38)31(32,33)29(40)41)34-24(37)16-36(23-14-21-12-8-9-13-22(21)15-23)28(39)26(19(3)4)35-30(42)43-17-20-10-6-5-7-11-20/h5-13,18-19,23,25-27,38H,14-17H2,1-4H3,(H,34,37)(H,35,42)(H,40,41)/t25-,26-,27?/m0/s1. The van der Waals surface area contributed by atoms with E-state index in [2.05, 4.69) is 10.6 Å². The van der Waals surface area contributed by atoms with Gasteiger partial charge in [0.05, 0.1) is 12.6 Å². The fourth-order valence-electron chi connectivity index (χ4n) is 5.08. The van der Waals surface area contributed by atoms with Crippen LogP contribution in [0.2, 0.25) is 0 Å². The first-order valence-electron chi connectivity index (χ1n) is 14.1. The van der Waals surface area contributed by atoms with E-state index in [0.29, 0.717) is 12.8 Å². The maximum atomic E-state index is 14.2. The second kappa shape index (κ2) is 14.4. The van der Waals surface area contributed by atoms with Crippen molar-refractivity contribution < 1.29 is 42.9 Å². The summed E-state index contributed by atoms with van der Waals surface area (Å²) in [5, 5.41) is 24.0. The lowest BCUT2D eigenvalue weighted by Crippen LogP contribution is -2.60. The maximum absolute atomic E-state index is 14.2. The van der Waals surface area contributed by atoms with Crippen molar-refractivity contribution in [2.75, 3.05) is 6.54 Å². The number of ether oxygens (including phenoxy) is 1. The van der Waals surface area contributed by atoms with E-state index in [9.17, 15) is 33.1 Å². The molecule has 0 saturated heterocycles. The summed E-state index contributed by atoms with van der Waals surface area (Å²) >= 11 is 0. The molecule has 0 spiro atoms. The molecule has 2 aromatic carbocycles. The van der Waals surface area contributed by atoms with Gasteiger partial charge in [-0.25, -0.2) is 9.59 Å². The number of alkyl carbamates (subject to hydrolysis) is 1. The zero-order valence-corrected chi connectivity index (χ0v) is 24.6. The van der Waals surface area contributed by atoms with Crippen molar-refractivity contribution in [1.82, 2.24) is 15.5 Å². The quantitative estimate of drug-likeness (QED) is 0.275. The summed E-state index contributed by atoms with van der Waals surface area (Å²) in [6.45, 7) is 5.75. The number of benzene rings is 2. The average molecular weight is 604 g/mol. The topological polar surface area (TPSA) is 145 Å². The van der Waals surface area contributed by atoms with Crippen molar-refractivity contribution in [2.45, 2.75) is 77.3 Å². The molecule has 0 aliphatic heterocycles. The van der Waals surface area contributed by atoms with Crippen molar-refractivity contribution in [3.05, 3.63) is 71.3 Å². The van der Waals surface area contributed by atoms with E-state index in [1.54, 1.807) is 38.1 Å². The highest BCUT2D eigenvalue weighted by molar-refractivity contribution is 5.90. The summed E-state index contributed by atoms with van der Waals surface area (Å²) < 4.78 is 33.6. The molecule has 10 nitrogen and oxygen atoms in total. The molecule has 1 aliphatic carbocycles. The third-order valence-corrected chi connectivity index (χ3v) is 7.53. The van der Waals surface area contributed by atoms with E-state index in [-0.39, 0.29) is 6.61 Å². The summed E-state index contributed by atoms with van der Waals surface area (Å²) in [4.78, 5) is 52.3. The van der Waals surface area contributed by atoms with Crippen LogP contribution in [-0.2, 0) is 38.6 Å². The van der Waals surface area contributed by atoms with E-state index >= 15 is 0 Å². The van der Waals surface area contributed by atoms with Gasteiger partial charge in [-0.3, -0.25) is 9.59 Å². The number of hydrogen-bond donors (Lipinski definition) is 4. The number of alkyl halides is 2. The molecule has 1 aliphatic rings. The number of carbonyl (C=O) groups is 4. The van der Waals surface area contributed by atoms with Gasteiger partial charge in [0, 0.05) is 6.04 Å². The van der Waals surface area contributed by atoms with Gasteiger partial charge in [0.15, 0.2) is 0 Å². The van der Waals surface area contributed by atoms with Gasteiger partial charge in [-0.1, -0.05) is 82.3 Å². The van der Waals surface area contributed by atoms with Gasteiger partial charge in [-0.05, 0) is 41.4 Å². The van der Waals surface area contributed by atoms with Gasteiger partial charge in [-0.15, -0.1) is 0 Å². The maximum Gasteiger partial charge on any atom is 0.408 e. The number of nitrogens with zero attached hydrogens (tertiary/aromatic N) is 1. The van der Waals surface area contributed by atoms with Gasteiger partial charge in [0.2, 0.25) is 11.8 Å². The van der Waals surface area contributed by atoms with Crippen LogP contribution >= 0.6 is 0 Å². The summed E-state index contributed by atoms with van der Waals surface area (Å²) in [6, 6.07) is 13.3. The minimum atomic E-state index is -4.52. The number of rotatable bonds is 13. The number of aliphatic hydroxyl groups excluding tert-OH is 1. The zero-order valence-electron chi connectivity index (χ0n) is 24.6. The van der Waals surface area contributed by atoms with Crippen LogP contribution in [-0.4, -0.2) is 75.7 Å². The van der Waals surface area contributed by atoms with E-state index in [4.69, 9.17) is 9.84 Å². The highest BCUT2D eigenvalue weighted by Gasteiger charge is 2.51. The monoisotopic (exact) mass is 603 g/mol. The second-order valence-corrected chi connectivity index (χ2v) is 11.4. The Morgan fingerprint density at radius 3 is 2.00 bits per heavy atom. The van der Waals surface area contributed by atoms with Crippen molar-refractivity contribution in [2.24, 2.45) is 11.8 Å². The van der Waals surface area contributed by atoms with Crippen LogP contribution in [0.1, 0.15) is 44.4 Å². The number of aliphatic hydroxyl groups is 1. The third kappa shape index (κ3) is 8.50.